The van der Waals surface area contributed by atoms with Crippen molar-refractivity contribution in [3.63, 3.8) is 0 Å². The summed E-state index contributed by atoms with van der Waals surface area (Å²) in [6.45, 7) is 8.49. The molecule has 3 aromatic carbocycles. The van der Waals surface area contributed by atoms with Crippen LogP contribution in [-0.2, 0) is 70.8 Å². The topological polar surface area (TPSA) is 408 Å². The van der Waals surface area contributed by atoms with E-state index >= 15 is 0 Å². The largest absolute Gasteiger partial charge is 0.441 e. The molecule has 6 heterocycles. The van der Waals surface area contributed by atoms with Gasteiger partial charge >= 0.3 is 24.5 Å². The Morgan fingerprint density at radius 1 is 0.545 bits per heavy atom. The van der Waals surface area contributed by atoms with Crippen LogP contribution in [-0.4, -0.2) is 128 Å². The van der Waals surface area contributed by atoms with Gasteiger partial charge in [-0.3, -0.25) is 30.1 Å². The lowest BCUT2D eigenvalue weighted by atomic mass is 9.99. The van der Waals surface area contributed by atoms with Crippen LogP contribution in [0.5, 0.6) is 0 Å². The van der Waals surface area contributed by atoms with Gasteiger partial charge in [0, 0.05) is 48.3 Å². The van der Waals surface area contributed by atoms with E-state index in [1.54, 1.807) is 51.1 Å². The Balaban J connectivity index is 0.000000213. The summed E-state index contributed by atoms with van der Waals surface area (Å²) in [5, 5.41) is 40.2. The number of nitrogens with zero attached hydrogens (tertiary/aromatic N) is 13. The molecule has 0 radical (unpaired) electrons. The molecular formula is C60H62ClF6N19O12S3. The highest BCUT2D eigenvalue weighted by Crippen LogP contribution is 2.39. The Kier molecular flexibility index (Phi) is 24.4. The molecule has 6 aromatic heterocycles. The highest BCUT2D eigenvalue weighted by atomic mass is 35.5. The highest BCUT2D eigenvalue weighted by molar-refractivity contribution is 7.92. The third-order valence-corrected chi connectivity index (χ3v) is 15.8. The summed E-state index contributed by atoms with van der Waals surface area (Å²) in [5.41, 5.74) is 2.67. The molecule has 0 unspecified atom stereocenters. The van der Waals surface area contributed by atoms with E-state index in [4.69, 9.17) is 26.3 Å². The number of benzene rings is 3. The van der Waals surface area contributed by atoms with Crippen LogP contribution in [0.3, 0.4) is 0 Å². The molecule has 0 spiro atoms. The average Bonchev–Trinajstić information content (AvgIpc) is 1.70. The number of anilines is 6. The molecule has 0 aliphatic heterocycles. The van der Waals surface area contributed by atoms with Crippen LogP contribution < -0.4 is 30.1 Å². The SMILES string of the molecule is Cc1nc(-c2nnn(C)c2NC(=O)O[C@@H](c2ccccc2F)C(F)(F)F)ccc1NS(C)(=O)=O.Cc1nc(-c2nnn(C)c2NC(=O)O[C@H](C)c2ccccc2C(C)(F)F)ccc1NS(C)(=O)=O.Cc1nc(-c2nnn(CC#N)c2NC(=O)O[C@H](C)c2ccccc2Cl)ccc1NS(C)(=O)=O. The number of rotatable bonds is 20. The van der Waals surface area contributed by atoms with Crippen LogP contribution in [0.15, 0.2) is 109 Å². The van der Waals surface area contributed by atoms with Gasteiger partial charge in [-0.15, -0.1) is 15.3 Å². The third-order valence-electron chi connectivity index (χ3n) is 13.6. The van der Waals surface area contributed by atoms with Crippen LogP contribution in [0.2, 0.25) is 5.02 Å². The van der Waals surface area contributed by atoms with Crippen LogP contribution >= 0.6 is 11.6 Å². The minimum absolute atomic E-state index is 0.0251. The minimum Gasteiger partial charge on any atom is -0.441 e. The lowest BCUT2D eigenvalue weighted by Crippen LogP contribution is -2.29. The highest BCUT2D eigenvalue weighted by Gasteiger charge is 2.46. The second-order valence-electron chi connectivity index (χ2n) is 21.8. The number of aromatic nitrogens is 12. The van der Waals surface area contributed by atoms with Gasteiger partial charge in [0.1, 0.15) is 24.6 Å². The van der Waals surface area contributed by atoms with Crippen molar-refractivity contribution >= 4 is 94.5 Å². The molecule has 0 aliphatic carbocycles. The van der Waals surface area contributed by atoms with E-state index in [-0.39, 0.29) is 69.3 Å². The Labute approximate surface area is 578 Å². The number of nitrogens with one attached hydrogen (secondary N) is 6. The Morgan fingerprint density at radius 3 is 1.31 bits per heavy atom. The van der Waals surface area contributed by atoms with Gasteiger partial charge in [0.2, 0.25) is 36.2 Å². The maximum absolute atomic E-state index is 13.9. The predicted molar refractivity (Wildman–Crippen MR) is 357 cm³/mol. The monoisotopic (exact) mass is 1490 g/mol. The molecule has 0 fully saturated rings. The second kappa shape index (κ2) is 31.9. The number of ether oxygens (including phenoxy) is 3. The molecule has 0 bridgehead atoms. The van der Waals surface area contributed by atoms with Gasteiger partial charge in [-0.25, -0.2) is 81.8 Å². The van der Waals surface area contributed by atoms with Gasteiger partial charge in [-0.05, 0) is 83.1 Å². The van der Waals surface area contributed by atoms with Crippen molar-refractivity contribution < 1.29 is 80.2 Å². The van der Waals surface area contributed by atoms with Crippen LogP contribution in [0.4, 0.5) is 75.2 Å². The first-order chi connectivity index (χ1) is 47.1. The smallest absolute Gasteiger partial charge is 0.430 e. The quantitative estimate of drug-likeness (QED) is 0.0305. The number of alkyl halides is 5. The lowest BCUT2D eigenvalue weighted by molar-refractivity contribution is -0.206. The zero-order chi connectivity index (χ0) is 74.7. The van der Waals surface area contributed by atoms with Gasteiger partial charge in [-0.2, -0.15) is 18.4 Å². The van der Waals surface area contributed by atoms with Crippen LogP contribution in [0.1, 0.15) is 78.4 Å². The number of amides is 3. The average molecular weight is 1490 g/mol. The van der Waals surface area contributed by atoms with E-state index < -0.39 is 90.1 Å². The van der Waals surface area contributed by atoms with Gasteiger partial charge in [0.25, 0.3) is 5.92 Å². The van der Waals surface area contributed by atoms with Gasteiger partial charge in [0.05, 0.1) is 76.1 Å². The fourth-order valence-electron chi connectivity index (χ4n) is 9.11. The number of hydrogen-bond donors (Lipinski definition) is 6. The van der Waals surface area contributed by atoms with Crippen molar-refractivity contribution in [2.45, 2.75) is 78.5 Å². The zero-order valence-corrected chi connectivity index (χ0v) is 58.1. The second-order valence-corrected chi connectivity index (χ2v) is 27.5. The molecular weight excluding hydrogens is 1420 g/mol. The molecule has 101 heavy (non-hydrogen) atoms. The van der Waals surface area contributed by atoms with Crippen molar-refractivity contribution in [1.29, 1.82) is 5.26 Å². The summed E-state index contributed by atoms with van der Waals surface area (Å²) >= 11 is 6.16. The summed E-state index contributed by atoms with van der Waals surface area (Å²) in [4.78, 5) is 50.4. The first-order valence-electron chi connectivity index (χ1n) is 29.0. The summed E-state index contributed by atoms with van der Waals surface area (Å²) in [5.74, 6) is -4.20. The number of carbonyl (C=O) groups is 3. The van der Waals surface area contributed by atoms with Gasteiger partial charge in [0.15, 0.2) is 34.5 Å². The van der Waals surface area contributed by atoms with Gasteiger partial charge in [-0.1, -0.05) is 87.9 Å². The van der Waals surface area contributed by atoms with Crippen molar-refractivity contribution in [2.75, 3.05) is 48.9 Å². The van der Waals surface area contributed by atoms with Crippen molar-refractivity contribution in [1.82, 2.24) is 59.9 Å². The van der Waals surface area contributed by atoms with Crippen molar-refractivity contribution in [3.05, 3.63) is 159 Å². The summed E-state index contributed by atoms with van der Waals surface area (Å²) < 4.78 is 177. The van der Waals surface area contributed by atoms with E-state index in [1.165, 1.54) is 104 Å². The fraction of sp³-hybridized carbons (Fsp3) is 0.283. The van der Waals surface area contributed by atoms with Crippen molar-refractivity contribution in [3.8, 4) is 40.2 Å². The van der Waals surface area contributed by atoms with Crippen molar-refractivity contribution in [2.24, 2.45) is 14.1 Å². The Morgan fingerprint density at radius 2 is 0.911 bits per heavy atom. The Hall–Kier alpha value is -11.1. The number of sulfonamides is 3. The first kappa shape index (κ1) is 77.3. The standard InChI is InChI=1S/C21H24F2N6O4S.C20H20ClN7O4S.C19H18F4N6O4S/c1-12-16(27-34(5,31)32)10-11-17(24-12)18-19(29(4)28-26-18)25-20(30)33-13(2)14-8-6-7-9-15(14)21(3,22)23;1-12-16(26-33(3,30)31)8-9-17(23-12)18-19(28(11-10-22)27-25-18)24-20(29)32-13(2)14-6-4-5-7-15(14)21;1-10-13(27-34(3,31)32)8-9-14(24-10)15-17(29(2)28-26-15)25-18(30)33-16(19(21,22)23)11-6-4-5-7-12(11)20/h6-11,13,27H,1-5H3,(H,25,30);4-9,13,26H,11H2,1-3H3,(H,24,29);4-9,16,27H,1-3H3,(H,25,30)/t2*13-;16-/m110/s1. The van der Waals surface area contributed by atoms with E-state index in [9.17, 15) is 66.0 Å². The van der Waals surface area contributed by atoms with E-state index in [1.807, 2.05) is 6.07 Å². The molecule has 41 heteroatoms. The lowest BCUT2D eigenvalue weighted by Gasteiger charge is -2.21. The number of pyridine rings is 3. The Bertz CT molecular complexity index is 4960. The minimum atomic E-state index is -5.09. The fourth-order valence-corrected chi connectivity index (χ4v) is 11.2. The maximum atomic E-state index is 13.9. The van der Waals surface area contributed by atoms with Crippen LogP contribution in [0.25, 0.3) is 34.2 Å². The van der Waals surface area contributed by atoms with E-state index in [0.717, 1.165) is 42.5 Å². The van der Waals surface area contributed by atoms with E-state index in [0.29, 0.717) is 44.7 Å². The molecule has 6 N–H and O–H groups in total. The molecule has 9 aromatic rings. The number of nitriles is 1. The molecule has 9 rings (SSSR count). The predicted octanol–water partition coefficient (Wildman–Crippen LogP) is 11.0. The maximum Gasteiger partial charge on any atom is 0.430 e. The molecule has 0 aliphatic rings. The number of hydrogen-bond acceptors (Lipinski definition) is 22. The van der Waals surface area contributed by atoms with Crippen LogP contribution in [0, 0.1) is 37.9 Å². The normalized spacial score (nSPS) is 12.5. The summed E-state index contributed by atoms with van der Waals surface area (Å²) in [7, 11) is -7.64. The molecule has 31 nitrogen and oxygen atoms in total. The van der Waals surface area contributed by atoms with E-state index in [2.05, 4.69) is 80.7 Å². The number of aryl methyl sites for hydroxylation is 5. The third kappa shape index (κ3) is 21.2. The number of carbonyl (C=O) groups excluding carboxylic acids is 3. The molecule has 3 amide bonds. The zero-order valence-electron chi connectivity index (χ0n) is 54.9. The molecule has 536 valence electrons. The molecule has 0 saturated heterocycles. The molecule has 0 saturated carbocycles. The first-order valence-corrected chi connectivity index (χ1v) is 35.1. The summed E-state index contributed by atoms with van der Waals surface area (Å²) in [6.07, 6.45) is -9.79. The van der Waals surface area contributed by atoms with Gasteiger partial charge < -0.3 is 14.2 Å². The molecule has 3 atom stereocenters. The number of halogens is 7. The summed E-state index contributed by atoms with van der Waals surface area (Å²) in [6, 6.07) is 27.6.